The van der Waals surface area contributed by atoms with Crippen LogP contribution in [0.15, 0.2) is 18.2 Å². The Balaban J connectivity index is 1.59. The second-order valence-corrected chi connectivity index (χ2v) is 10.8. The lowest BCUT2D eigenvalue weighted by atomic mass is 10.1. The van der Waals surface area contributed by atoms with Crippen molar-refractivity contribution in [2.24, 2.45) is 0 Å². The minimum Gasteiger partial charge on any atom is -0.477 e. The highest BCUT2D eigenvalue weighted by Crippen LogP contribution is 2.30. The van der Waals surface area contributed by atoms with E-state index in [1.54, 1.807) is 17.0 Å². The van der Waals surface area contributed by atoms with Crippen LogP contribution >= 0.6 is 23.2 Å². The van der Waals surface area contributed by atoms with Crippen molar-refractivity contribution in [3.8, 4) is 5.75 Å². The van der Waals surface area contributed by atoms with Crippen LogP contribution in [0, 0.1) is 0 Å². The van der Waals surface area contributed by atoms with Crippen LogP contribution < -0.4 is 4.74 Å². The van der Waals surface area contributed by atoms with Gasteiger partial charge in [0.05, 0.1) is 16.5 Å². The molecule has 1 saturated heterocycles. The maximum absolute atomic E-state index is 12.9. The molecule has 0 aromatic heterocycles. The van der Waals surface area contributed by atoms with Crippen LogP contribution in [0.3, 0.4) is 0 Å². The first-order chi connectivity index (χ1) is 14.2. The van der Waals surface area contributed by atoms with Crippen molar-refractivity contribution in [3.05, 3.63) is 28.2 Å². The molecular weight excluding hydrogens is 453 g/mol. The molecule has 1 aliphatic heterocycles. The normalized spacial score (nSPS) is 21.9. The number of carbonyl (C=O) groups excluding carboxylic acids is 2. The number of rotatable bonds is 7. The van der Waals surface area contributed by atoms with Crippen molar-refractivity contribution in [1.29, 1.82) is 0 Å². The molecule has 2 atom stereocenters. The number of esters is 1. The standard InChI is InChI=1S/C20H25Cl2NO6S/c1-13(29-18-7-6-14(21)10-17(18)22)20(25)28-11-19(24)23(15-4-2-3-5-15)16-8-9-30(26,27)12-16/h6-7,10,13,15-16H,2-5,8-9,11-12H2,1H3/t13-,16+/m1/s1. The molecule has 1 amide bonds. The Hall–Kier alpha value is -1.51. The van der Waals surface area contributed by atoms with E-state index in [9.17, 15) is 18.0 Å². The van der Waals surface area contributed by atoms with E-state index in [0.717, 1.165) is 25.7 Å². The highest BCUT2D eigenvalue weighted by atomic mass is 35.5. The molecule has 10 heteroatoms. The molecule has 1 aromatic rings. The van der Waals surface area contributed by atoms with Crippen molar-refractivity contribution in [2.75, 3.05) is 18.1 Å². The zero-order valence-electron chi connectivity index (χ0n) is 16.7. The summed E-state index contributed by atoms with van der Waals surface area (Å²) in [5.74, 6) is -0.743. The first kappa shape index (κ1) is 23.2. The Labute approximate surface area is 186 Å². The van der Waals surface area contributed by atoms with Crippen LogP contribution in [0.2, 0.25) is 10.0 Å². The van der Waals surface area contributed by atoms with Gasteiger partial charge in [0.1, 0.15) is 5.75 Å². The lowest BCUT2D eigenvalue weighted by molar-refractivity contribution is -0.159. The van der Waals surface area contributed by atoms with E-state index in [1.165, 1.54) is 13.0 Å². The fourth-order valence-electron chi connectivity index (χ4n) is 4.02. The molecule has 1 aliphatic carbocycles. The molecule has 0 radical (unpaired) electrons. The predicted octanol–water partition coefficient (Wildman–Crippen LogP) is 3.26. The van der Waals surface area contributed by atoms with Gasteiger partial charge in [0.25, 0.3) is 5.91 Å². The zero-order chi connectivity index (χ0) is 21.9. The van der Waals surface area contributed by atoms with Gasteiger partial charge in [0.15, 0.2) is 22.5 Å². The third-order valence-corrected chi connectivity index (χ3v) is 7.76. The van der Waals surface area contributed by atoms with Crippen LogP contribution in [0.5, 0.6) is 5.75 Å². The van der Waals surface area contributed by atoms with E-state index in [4.69, 9.17) is 32.7 Å². The van der Waals surface area contributed by atoms with Crippen LogP contribution in [-0.4, -0.2) is 61.5 Å². The van der Waals surface area contributed by atoms with Crippen molar-refractivity contribution in [2.45, 2.75) is 57.2 Å². The molecular formula is C20H25Cl2NO6S. The quantitative estimate of drug-likeness (QED) is 0.559. The molecule has 1 aromatic carbocycles. The Bertz CT molecular complexity index is 901. The number of nitrogens with zero attached hydrogens (tertiary/aromatic N) is 1. The van der Waals surface area contributed by atoms with Gasteiger partial charge in [-0.2, -0.15) is 0 Å². The molecule has 0 bridgehead atoms. The number of sulfone groups is 1. The number of hydrogen-bond acceptors (Lipinski definition) is 6. The fraction of sp³-hybridized carbons (Fsp3) is 0.600. The maximum Gasteiger partial charge on any atom is 0.347 e. The van der Waals surface area contributed by atoms with Crippen LogP contribution in [0.4, 0.5) is 0 Å². The molecule has 2 fully saturated rings. The Kier molecular flexibility index (Phi) is 7.52. The van der Waals surface area contributed by atoms with Crippen LogP contribution in [0.25, 0.3) is 0 Å². The SMILES string of the molecule is C[C@@H](Oc1ccc(Cl)cc1Cl)C(=O)OCC(=O)N(C1CCCC1)[C@H]1CCS(=O)(=O)C1. The van der Waals surface area contributed by atoms with E-state index < -0.39 is 28.5 Å². The predicted molar refractivity (Wildman–Crippen MR) is 114 cm³/mol. The summed E-state index contributed by atoms with van der Waals surface area (Å²) in [6.45, 7) is 1.05. The minimum atomic E-state index is -3.13. The van der Waals surface area contributed by atoms with Crippen LogP contribution in [0.1, 0.15) is 39.0 Å². The van der Waals surface area contributed by atoms with Gasteiger partial charge in [-0.15, -0.1) is 0 Å². The van der Waals surface area contributed by atoms with E-state index >= 15 is 0 Å². The van der Waals surface area contributed by atoms with Gasteiger partial charge in [-0.3, -0.25) is 4.79 Å². The van der Waals surface area contributed by atoms with E-state index in [1.807, 2.05) is 0 Å². The Morgan fingerprint density at radius 3 is 2.47 bits per heavy atom. The summed E-state index contributed by atoms with van der Waals surface area (Å²) in [6, 6.07) is 4.26. The molecule has 7 nitrogen and oxygen atoms in total. The number of halogens is 2. The number of amides is 1. The summed E-state index contributed by atoms with van der Waals surface area (Å²) in [6.07, 6.45) is 3.12. The highest BCUT2D eigenvalue weighted by molar-refractivity contribution is 7.91. The van der Waals surface area contributed by atoms with Crippen molar-refractivity contribution in [3.63, 3.8) is 0 Å². The molecule has 0 spiro atoms. The number of carbonyl (C=O) groups is 2. The minimum absolute atomic E-state index is 0.00366. The molecule has 1 heterocycles. The largest absolute Gasteiger partial charge is 0.477 e. The first-order valence-electron chi connectivity index (χ1n) is 9.96. The second kappa shape index (κ2) is 9.75. The topological polar surface area (TPSA) is 90.0 Å². The maximum atomic E-state index is 12.9. The highest BCUT2D eigenvalue weighted by Gasteiger charge is 2.39. The molecule has 1 saturated carbocycles. The average molecular weight is 478 g/mol. The number of ether oxygens (including phenoxy) is 2. The smallest absolute Gasteiger partial charge is 0.347 e. The third kappa shape index (κ3) is 5.80. The fourth-order valence-corrected chi connectivity index (χ4v) is 6.18. The van der Waals surface area contributed by atoms with Gasteiger partial charge in [-0.25, -0.2) is 13.2 Å². The molecule has 0 unspecified atom stereocenters. The van der Waals surface area contributed by atoms with Crippen molar-refractivity contribution < 1.29 is 27.5 Å². The second-order valence-electron chi connectivity index (χ2n) is 7.74. The summed E-state index contributed by atoms with van der Waals surface area (Å²) >= 11 is 11.9. The summed E-state index contributed by atoms with van der Waals surface area (Å²) in [5, 5.41) is 0.696. The number of hydrogen-bond donors (Lipinski definition) is 0. The summed E-state index contributed by atoms with van der Waals surface area (Å²) < 4.78 is 34.5. The lowest BCUT2D eigenvalue weighted by Crippen LogP contribution is -2.48. The van der Waals surface area contributed by atoms with E-state index in [0.29, 0.717) is 11.4 Å². The van der Waals surface area contributed by atoms with E-state index in [-0.39, 0.29) is 40.3 Å². The van der Waals surface area contributed by atoms with Gasteiger partial charge in [-0.05, 0) is 44.4 Å². The molecule has 30 heavy (non-hydrogen) atoms. The Morgan fingerprint density at radius 2 is 1.87 bits per heavy atom. The molecule has 3 rings (SSSR count). The molecule has 0 N–H and O–H groups in total. The van der Waals surface area contributed by atoms with Gasteiger partial charge in [0.2, 0.25) is 0 Å². The average Bonchev–Trinajstić information content (AvgIpc) is 3.32. The van der Waals surface area contributed by atoms with E-state index in [2.05, 4.69) is 0 Å². The first-order valence-corrected chi connectivity index (χ1v) is 12.5. The van der Waals surface area contributed by atoms with Crippen molar-refractivity contribution >= 4 is 44.9 Å². The molecule has 166 valence electrons. The third-order valence-electron chi connectivity index (χ3n) is 5.48. The van der Waals surface area contributed by atoms with Crippen LogP contribution in [-0.2, 0) is 24.2 Å². The van der Waals surface area contributed by atoms with Gasteiger partial charge >= 0.3 is 5.97 Å². The summed E-state index contributed by atoms with van der Waals surface area (Å²) in [5.41, 5.74) is 0. The zero-order valence-corrected chi connectivity index (χ0v) is 19.0. The Morgan fingerprint density at radius 1 is 1.17 bits per heavy atom. The van der Waals surface area contributed by atoms with Gasteiger partial charge in [0, 0.05) is 17.1 Å². The van der Waals surface area contributed by atoms with Gasteiger partial charge in [-0.1, -0.05) is 36.0 Å². The molecule has 2 aliphatic rings. The lowest BCUT2D eigenvalue weighted by Gasteiger charge is -2.34. The van der Waals surface area contributed by atoms with Gasteiger partial charge < -0.3 is 14.4 Å². The monoisotopic (exact) mass is 477 g/mol. The van der Waals surface area contributed by atoms with Crippen molar-refractivity contribution in [1.82, 2.24) is 4.90 Å². The number of benzene rings is 1. The summed E-state index contributed by atoms with van der Waals surface area (Å²) in [4.78, 5) is 26.8. The summed E-state index contributed by atoms with van der Waals surface area (Å²) in [7, 11) is -3.13.